The minimum Gasteiger partial charge on any atom is -0.310 e. The summed E-state index contributed by atoms with van der Waals surface area (Å²) in [5, 5.41) is 3.57. The van der Waals surface area contributed by atoms with E-state index in [2.05, 4.69) is 53.0 Å². The molecule has 0 aliphatic rings. The van der Waals surface area contributed by atoms with Crippen LogP contribution in [-0.2, 0) is 6.42 Å². The average molecular weight is 383 g/mol. The molecule has 0 aliphatic heterocycles. The van der Waals surface area contributed by atoms with Gasteiger partial charge in [-0.1, -0.05) is 37.3 Å². The summed E-state index contributed by atoms with van der Waals surface area (Å²) in [6.07, 6.45) is 1.89. The fourth-order valence-electron chi connectivity index (χ4n) is 2.27. The summed E-state index contributed by atoms with van der Waals surface area (Å²) in [7, 11) is 0. The van der Waals surface area contributed by atoms with Crippen LogP contribution in [-0.4, -0.2) is 6.54 Å². The molecular weight excluding hydrogens is 364 g/mol. The van der Waals surface area contributed by atoms with Gasteiger partial charge in [0.1, 0.15) is 5.82 Å². The van der Waals surface area contributed by atoms with Crippen LogP contribution in [0.15, 0.2) is 48.5 Å². The Hall–Kier alpha value is -0.940. The summed E-state index contributed by atoms with van der Waals surface area (Å²) in [4.78, 5) is 0. The van der Waals surface area contributed by atoms with Gasteiger partial charge in [-0.25, -0.2) is 4.39 Å². The van der Waals surface area contributed by atoms with Crippen LogP contribution < -0.4 is 5.32 Å². The molecular formula is C17H19FIN. The second-order valence-corrected chi connectivity index (χ2v) is 6.02. The van der Waals surface area contributed by atoms with Crippen molar-refractivity contribution in [2.24, 2.45) is 0 Å². The normalized spacial score (nSPS) is 12.3. The zero-order valence-corrected chi connectivity index (χ0v) is 13.7. The van der Waals surface area contributed by atoms with E-state index in [0.717, 1.165) is 24.9 Å². The van der Waals surface area contributed by atoms with Crippen LogP contribution in [0.2, 0.25) is 0 Å². The molecule has 1 atom stereocenters. The van der Waals surface area contributed by atoms with Crippen LogP contribution in [0, 0.1) is 9.39 Å². The topological polar surface area (TPSA) is 12.0 Å². The Morgan fingerprint density at radius 3 is 2.65 bits per heavy atom. The molecule has 0 heterocycles. The first-order valence-electron chi connectivity index (χ1n) is 6.93. The smallest absolute Gasteiger partial charge is 0.123 e. The van der Waals surface area contributed by atoms with Crippen LogP contribution in [0.25, 0.3) is 0 Å². The third kappa shape index (κ3) is 4.28. The van der Waals surface area contributed by atoms with Crippen molar-refractivity contribution in [1.29, 1.82) is 0 Å². The van der Waals surface area contributed by atoms with E-state index in [9.17, 15) is 4.39 Å². The Kier molecular flexibility index (Phi) is 5.98. The van der Waals surface area contributed by atoms with E-state index >= 15 is 0 Å². The van der Waals surface area contributed by atoms with Gasteiger partial charge in [-0.3, -0.25) is 0 Å². The van der Waals surface area contributed by atoms with Crippen molar-refractivity contribution in [3.05, 3.63) is 69.0 Å². The zero-order valence-electron chi connectivity index (χ0n) is 11.6. The van der Waals surface area contributed by atoms with Gasteiger partial charge in [0.05, 0.1) is 0 Å². The van der Waals surface area contributed by atoms with Gasteiger partial charge in [-0.2, -0.15) is 0 Å². The lowest BCUT2D eigenvalue weighted by molar-refractivity contribution is 0.525. The van der Waals surface area contributed by atoms with Gasteiger partial charge in [-0.15, -0.1) is 0 Å². The molecule has 3 heteroatoms. The van der Waals surface area contributed by atoms with E-state index < -0.39 is 0 Å². The van der Waals surface area contributed by atoms with Crippen LogP contribution in [0.3, 0.4) is 0 Å². The molecule has 0 amide bonds. The molecule has 0 aromatic heterocycles. The van der Waals surface area contributed by atoms with Crippen molar-refractivity contribution in [1.82, 2.24) is 5.32 Å². The van der Waals surface area contributed by atoms with E-state index in [-0.39, 0.29) is 11.9 Å². The Morgan fingerprint density at radius 1 is 1.15 bits per heavy atom. The first-order chi connectivity index (χ1) is 9.70. The maximum Gasteiger partial charge on any atom is 0.123 e. The summed E-state index contributed by atoms with van der Waals surface area (Å²) in [5.74, 6) is -0.167. The lowest BCUT2D eigenvalue weighted by Gasteiger charge is -2.20. The fraction of sp³-hybridized carbons (Fsp3) is 0.294. The summed E-state index contributed by atoms with van der Waals surface area (Å²) in [6.45, 7) is 3.12. The summed E-state index contributed by atoms with van der Waals surface area (Å²) in [6, 6.07) is 15.5. The average Bonchev–Trinajstić information content (AvgIpc) is 2.44. The van der Waals surface area contributed by atoms with E-state index in [1.165, 1.54) is 15.2 Å². The molecule has 0 saturated carbocycles. The summed E-state index contributed by atoms with van der Waals surface area (Å²) < 4.78 is 14.6. The SMILES string of the molecule is CCCNC(Cc1cccc(F)c1)c1ccccc1I. The third-order valence-corrected chi connectivity index (χ3v) is 4.23. The first-order valence-corrected chi connectivity index (χ1v) is 8.01. The third-order valence-electron chi connectivity index (χ3n) is 3.25. The van der Waals surface area contributed by atoms with E-state index in [0.29, 0.717) is 0 Å². The molecule has 2 aromatic rings. The predicted octanol–water partition coefficient (Wildman–Crippen LogP) is 4.71. The molecule has 2 rings (SSSR count). The van der Waals surface area contributed by atoms with E-state index in [1.54, 1.807) is 12.1 Å². The van der Waals surface area contributed by atoms with Gasteiger partial charge in [-0.05, 0) is 71.3 Å². The number of benzene rings is 2. The largest absolute Gasteiger partial charge is 0.310 e. The van der Waals surface area contributed by atoms with Crippen molar-refractivity contribution in [2.45, 2.75) is 25.8 Å². The van der Waals surface area contributed by atoms with Gasteiger partial charge in [0.15, 0.2) is 0 Å². The van der Waals surface area contributed by atoms with Crippen LogP contribution in [0.5, 0.6) is 0 Å². The Labute approximate surface area is 133 Å². The molecule has 0 aliphatic carbocycles. The van der Waals surface area contributed by atoms with E-state index in [1.807, 2.05) is 12.1 Å². The van der Waals surface area contributed by atoms with Gasteiger partial charge >= 0.3 is 0 Å². The number of hydrogen-bond donors (Lipinski definition) is 1. The molecule has 20 heavy (non-hydrogen) atoms. The Morgan fingerprint density at radius 2 is 1.95 bits per heavy atom. The molecule has 1 unspecified atom stereocenters. The highest BCUT2D eigenvalue weighted by atomic mass is 127. The highest BCUT2D eigenvalue weighted by molar-refractivity contribution is 14.1. The minimum absolute atomic E-state index is 0.167. The molecule has 0 spiro atoms. The van der Waals surface area contributed by atoms with Crippen molar-refractivity contribution in [3.63, 3.8) is 0 Å². The quantitative estimate of drug-likeness (QED) is 0.713. The minimum atomic E-state index is -0.167. The summed E-state index contributed by atoms with van der Waals surface area (Å²) in [5.41, 5.74) is 2.31. The van der Waals surface area contributed by atoms with Gasteiger partial charge in [0.2, 0.25) is 0 Å². The molecule has 0 radical (unpaired) electrons. The molecule has 0 saturated heterocycles. The van der Waals surface area contributed by atoms with Crippen molar-refractivity contribution in [3.8, 4) is 0 Å². The van der Waals surface area contributed by atoms with Gasteiger partial charge in [0, 0.05) is 9.61 Å². The van der Waals surface area contributed by atoms with Gasteiger partial charge in [0.25, 0.3) is 0 Å². The maximum absolute atomic E-state index is 13.3. The number of rotatable bonds is 6. The van der Waals surface area contributed by atoms with Crippen LogP contribution in [0.1, 0.15) is 30.5 Å². The fourth-order valence-corrected chi connectivity index (χ4v) is 3.03. The maximum atomic E-state index is 13.3. The standard InChI is InChI=1S/C17H19FIN/c1-2-10-20-17(15-8-3-4-9-16(15)19)12-13-6-5-7-14(18)11-13/h3-9,11,17,20H,2,10,12H2,1H3. The molecule has 1 N–H and O–H groups in total. The molecule has 1 nitrogen and oxygen atoms in total. The zero-order chi connectivity index (χ0) is 14.4. The van der Waals surface area contributed by atoms with Crippen molar-refractivity contribution >= 4 is 22.6 Å². The highest BCUT2D eigenvalue weighted by Gasteiger charge is 2.14. The van der Waals surface area contributed by atoms with E-state index in [4.69, 9.17) is 0 Å². The lowest BCUT2D eigenvalue weighted by atomic mass is 9.98. The number of halogens is 2. The highest BCUT2D eigenvalue weighted by Crippen LogP contribution is 2.23. The molecule has 106 valence electrons. The lowest BCUT2D eigenvalue weighted by Crippen LogP contribution is -2.24. The molecule has 0 fully saturated rings. The first kappa shape index (κ1) is 15.4. The molecule has 2 aromatic carbocycles. The van der Waals surface area contributed by atoms with Gasteiger partial charge < -0.3 is 5.32 Å². The monoisotopic (exact) mass is 383 g/mol. The Balaban J connectivity index is 2.22. The predicted molar refractivity (Wildman–Crippen MR) is 90.3 cm³/mol. The van der Waals surface area contributed by atoms with Crippen molar-refractivity contribution in [2.75, 3.05) is 6.54 Å². The second kappa shape index (κ2) is 7.74. The van der Waals surface area contributed by atoms with Crippen molar-refractivity contribution < 1.29 is 4.39 Å². The van der Waals surface area contributed by atoms with Crippen LogP contribution in [0.4, 0.5) is 4.39 Å². The number of nitrogens with one attached hydrogen (secondary N) is 1. The van der Waals surface area contributed by atoms with Crippen LogP contribution >= 0.6 is 22.6 Å². The Bertz CT molecular complexity index is 556. The summed E-state index contributed by atoms with van der Waals surface area (Å²) >= 11 is 2.36. The second-order valence-electron chi connectivity index (χ2n) is 4.86. The molecule has 0 bridgehead atoms. The number of hydrogen-bond acceptors (Lipinski definition) is 1.